The van der Waals surface area contributed by atoms with Crippen LogP contribution in [0.15, 0.2) is 23.8 Å². The highest BCUT2D eigenvalue weighted by molar-refractivity contribution is 5.86. The third-order valence-electron chi connectivity index (χ3n) is 2.83. The van der Waals surface area contributed by atoms with E-state index < -0.39 is 0 Å². The molecule has 64 valence electrons. The number of hydrogen-bond donors (Lipinski definition) is 0. The predicted molar refractivity (Wildman–Crippen MR) is 48.7 cm³/mol. The molecule has 0 aromatic rings. The Hall–Kier alpha value is -0.850. The van der Waals surface area contributed by atoms with Crippen LogP contribution in [0.1, 0.15) is 26.2 Å². The Morgan fingerprint density at radius 3 is 3.17 bits per heavy atom. The molecule has 0 amide bonds. The molecule has 2 aliphatic carbocycles. The first-order valence-corrected chi connectivity index (χ1v) is 4.70. The molecule has 0 heterocycles. The predicted octanol–water partition coefficient (Wildman–Crippen LogP) is 2.49. The summed E-state index contributed by atoms with van der Waals surface area (Å²) in [5, 5.41) is 0. The van der Waals surface area contributed by atoms with Gasteiger partial charge in [0.15, 0.2) is 0 Å². The van der Waals surface area contributed by atoms with E-state index in [1.165, 1.54) is 5.57 Å². The first kappa shape index (κ1) is 7.78. The fourth-order valence-electron chi connectivity index (χ4n) is 2.16. The molecule has 0 aliphatic heterocycles. The minimum atomic E-state index is 0.201. The molecule has 0 spiro atoms. The normalized spacial score (nSPS) is 34.4. The van der Waals surface area contributed by atoms with Gasteiger partial charge in [0, 0.05) is 12.3 Å². The van der Waals surface area contributed by atoms with Crippen molar-refractivity contribution in [3.8, 4) is 0 Å². The summed E-state index contributed by atoms with van der Waals surface area (Å²) < 4.78 is 0. The molecule has 0 aromatic heterocycles. The number of rotatable bonds is 0. The van der Waals surface area contributed by atoms with Crippen molar-refractivity contribution < 1.29 is 4.79 Å². The second-order valence-corrected chi connectivity index (χ2v) is 3.76. The van der Waals surface area contributed by atoms with Gasteiger partial charge in [0.05, 0.1) is 0 Å². The van der Waals surface area contributed by atoms with Crippen LogP contribution in [0.4, 0.5) is 0 Å². The minimum Gasteiger partial charge on any atom is -0.299 e. The fraction of sp³-hybridized carbons (Fsp3) is 0.545. The van der Waals surface area contributed by atoms with Gasteiger partial charge in [-0.05, 0) is 24.3 Å². The second-order valence-electron chi connectivity index (χ2n) is 3.76. The largest absolute Gasteiger partial charge is 0.299 e. The Kier molecular flexibility index (Phi) is 1.87. The number of fused-ring (bicyclic) bond motifs is 1. The molecule has 0 N–H and O–H groups in total. The standard InChI is InChI=1S/C11H14O/c1-8-6-7-9-4-2-3-5-10(12)11(8)9/h4,6-8,11H,2-3,5H2,1H3. The van der Waals surface area contributed by atoms with Crippen LogP contribution < -0.4 is 0 Å². The minimum absolute atomic E-state index is 0.201. The molecule has 0 fully saturated rings. The van der Waals surface area contributed by atoms with E-state index in [1.54, 1.807) is 0 Å². The van der Waals surface area contributed by atoms with Crippen LogP contribution in [0.5, 0.6) is 0 Å². The van der Waals surface area contributed by atoms with Crippen LogP contribution in [-0.4, -0.2) is 5.78 Å². The summed E-state index contributed by atoms with van der Waals surface area (Å²) in [6, 6.07) is 0. The van der Waals surface area contributed by atoms with Crippen molar-refractivity contribution in [3.05, 3.63) is 23.8 Å². The Morgan fingerprint density at radius 1 is 1.50 bits per heavy atom. The smallest absolute Gasteiger partial charge is 0.140 e. The molecule has 0 saturated heterocycles. The van der Waals surface area contributed by atoms with Crippen molar-refractivity contribution in [2.45, 2.75) is 26.2 Å². The van der Waals surface area contributed by atoms with Crippen LogP contribution in [0.2, 0.25) is 0 Å². The van der Waals surface area contributed by atoms with Gasteiger partial charge in [0.2, 0.25) is 0 Å². The molecule has 0 saturated carbocycles. The SMILES string of the molecule is CC1C=CC2=CCCCC(=O)C21. The third-order valence-corrected chi connectivity index (χ3v) is 2.83. The molecule has 2 rings (SSSR count). The van der Waals surface area contributed by atoms with Gasteiger partial charge in [-0.1, -0.05) is 25.2 Å². The van der Waals surface area contributed by atoms with Crippen molar-refractivity contribution in [2.75, 3.05) is 0 Å². The van der Waals surface area contributed by atoms with Gasteiger partial charge in [-0.25, -0.2) is 0 Å². The molecule has 2 atom stereocenters. The van der Waals surface area contributed by atoms with Gasteiger partial charge in [0.1, 0.15) is 5.78 Å². The summed E-state index contributed by atoms with van der Waals surface area (Å²) in [5.41, 5.74) is 1.27. The molecule has 0 radical (unpaired) electrons. The fourth-order valence-corrected chi connectivity index (χ4v) is 2.16. The Balaban J connectivity index is 2.31. The lowest BCUT2D eigenvalue weighted by atomic mass is 9.89. The second kappa shape index (κ2) is 2.89. The van der Waals surface area contributed by atoms with Crippen LogP contribution >= 0.6 is 0 Å². The first-order valence-electron chi connectivity index (χ1n) is 4.70. The highest BCUT2D eigenvalue weighted by Crippen LogP contribution is 2.34. The van der Waals surface area contributed by atoms with Crippen molar-refractivity contribution in [1.82, 2.24) is 0 Å². The Morgan fingerprint density at radius 2 is 2.33 bits per heavy atom. The number of allylic oxidation sites excluding steroid dienone is 4. The van der Waals surface area contributed by atoms with Crippen LogP contribution in [0, 0.1) is 11.8 Å². The van der Waals surface area contributed by atoms with E-state index in [1.807, 2.05) is 0 Å². The molecular formula is C11H14O. The van der Waals surface area contributed by atoms with Crippen molar-refractivity contribution in [2.24, 2.45) is 11.8 Å². The average Bonchev–Trinajstić information content (AvgIpc) is 2.29. The zero-order valence-corrected chi connectivity index (χ0v) is 7.42. The number of Topliss-reactive ketones (excluding diaryl/α,β-unsaturated/α-hetero) is 1. The Labute approximate surface area is 73.2 Å². The summed E-state index contributed by atoms with van der Waals surface area (Å²) >= 11 is 0. The van der Waals surface area contributed by atoms with Gasteiger partial charge in [-0.2, -0.15) is 0 Å². The maximum atomic E-state index is 11.6. The van der Waals surface area contributed by atoms with E-state index in [0.717, 1.165) is 19.3 Å². The van der Waals surface area contributed by atoms with E-state index in [4.69, 9.17) is 0 Å². The van der Waals surface area contributed by atoms with Gasteiger partial charge in [0.25, 0.3) is 0 Å². The number of hydrogen-bond acceptors (Lipinski definition) is 1. The van der Waals surface area contributed by atoms with E-state index in [-0.39, 0.29) is 5.92 Å². The molecule has 1 nitrogen and oxygen atoms in total. The van der Waals surface area contributed by atoms with E-state index in [0.29, 0.717) is 11.7 Å². The van der Waals surface area contributed by atoms with Gasteiger partial charge < -0.3 is 0 Å². The highest BCUT2D eigenvalue weighted by atomic mass is 16.1. The molecular weight excluding hydrogens is 148 g/mol. The Bertz CT molecular complexity index is 260. The number of carbonyl (C=O) groups is 1. The summed E-state index contributed by atoms with van der Waals surface area (Å²) in [7, 11) is 0. The zero-order valence-electron chi connectivity index (χ0n) is 7.42. The summed E-state index contributed by atoms with van der Waals surface area (Å²) in [4.78, 5) is 11.6. The zero-order chi connectivity index (χ0) is 8.55. The first-order chi connectivity index (χ1) is 5.79. The third kappa shape index (κ3) is 1.13. The summed E-state index contributed by atoms with van der Waals surface area (Å²) in [6.07, 6.45) is 9.40. The van der Waals surface area contributed by atoms with Crippen LogP contribution in [0.3, 0.4) is 0 Å². The summed E-state index contributed by atoms with van der Waals surface area (Å²) in [5.74, 6) is 1.07. The lowest BCUT2D eigenvalue weighted by molar-refractivity contribution is -0.122. The van der Waals surface area contributed by atoms with Gasteiger partial charge in [-0.15, -0.1) is 0 Å². The van der Waals surface area contributed by atoms with E-state index >= 15 is 0 Å². The number of ketones is 1. The lowest BCUT2D eigenvalue weighted by Crippen LogP contribution is -2.17. The monoisotopic (exact) mass is 162 g/mol. The summed E-state index contributed by atoms with van der Waals surface area (Å²) in [6.45, 7) is 2.13. The highest BCUT2D eigenvalue weighted by Gasteiger charge is 2.30. The maximum absolute atomic E-state index is 11.6. The lowest BCUT2D eigenvalue weighted by Gasteiger charge is -2.13. The molecule has 0 bridgehead atoms. The molecule has 12 heavy (non-hydrogen) atoms. The molecule has 2 unspecified atom stereocenters. The molecule has 1 heteroatoms. The van der Waals surface area contributed by atoms with E-state index in [2.05, 4.69) is 25.2 Å². The number of carbonyl (C=O) groups excluding carboxylic acids is 1. The van der Waals surface area contributed by atoms with Gasteiger partial charge in [-0.3, -0.25) is 4.79 Å². The van der Waals surface area contributed by atoms with Crippen LogP contribution in [-0.2, 0) is 4.79 Å². The van der Waals surface area contributed by atoms with Crippen molar-refractivity contribution in [1.29, 1.82) is 0 Å². The van der Waals surface area contributed by atoms with Gasteiger partial charge >= 0.3 is 0 Å². The van der Waals surface area contributed by atoms with Crippen molar-refractivity contribution in [3.63, 3.8) is 0 Å². The quantitative estimate of drug-likeness (QED) is 0.535. The topological polar surface area (TPSA) is 17.1 Å². The maximum Gasteiger partial charge on any atom is 0.140 e. The van der Waals surface area contributed by atoms with E-state index in [9.17, 15) is 4.79 Å². The molecule has 2 aliphatic rings. The molecule has 0 aromatic carbocycles. The average molecular weight is 162 g/mol. The van der Waals surface area contributed by atoms with Crippen molar-refractivity contribution >= 4 is 5.78 Å². The van der Waals surface area contributed by atoms with Crippen LogP contribution in [0.25, 0.3) is 0 Å².